The van der Waals surface area contributed by atoms with Gasteiger partial charge in [0.2, 0.25) is 11.7 Å². The van der Waals surface area contributed by atoms with Gasteiger partial charge in [-0.15, -0.1) is 0 Å². The van der Waals surface area contributed by atoms with Crippen LogP contribution in [0.5, 0.6) is 0 Å². The molecule has 1 N–H and O–H groups in total. The first kappa shape index (κ1) is 30.9. The zero-order valence-corrected chi connectivity index (χ0v) is 23.2. The van der Waals surface area contributed by atoms with Crippen LogP contribution in [0.3, 0.4) is 0 Å². The minimum atomic E-state index is -4.74. The van der Waals surface area contributed by atoms with E-state index in [1.807, 2.05) is 19.0 Å². The topological polar surface area (TPSA) is 64.6 Å². The quantitative estimate of drug-likeness (QED) is 0.417. The molecule has 226 valence electrons. The Balaban J connectivity index is 1.42. The van der Waals surface area contributed by atoms with Crippen LogP contribution < -0.4 is 15.1 Å². The molecule has 2 fully saturated rings. The highest BCUT2D eigenvalue weighted by Crippen LogP contribution is 2.34. The largest absolute Gasteiger partial charge is 0.451 e. The molecule has 1 aromatic carbocycles. The Morgan fingerprint density at radius 1 is 0.951 bits per heavy atom. The summed E-state index contributed by atoms with van der Waals surface area (Å²) < 4.78 is 79.8. The van der Waals surface area contributed by atoms with Crippen molar-refractivity contribution in [1.82, 2.24) is 20.2 Å². The van der Waals surface area contributed by atoms with Crippen LogP contribution in [-0.4, -0.2) is 73.6 Å². The van der Waals surface area contributed by atoms with E-state index < -0.39 is 29.8 Å². The predicted octanol–water partition coefficient (Wildman–Crippen LogP) is 5.01. The number of halogens is 6. The summed E-state index contributed by atoms with van der Waals surface area (Å²) in [4.78, 5) is 26.3. The maximum atomic E-state index is 13.8. The molecule has 3 heterocycles. The Hall–Kier alpha value is -3.09. The molecule has 41 heavy (non-hydrogen) atoms. The number of nitrogens with one attached hydrogen (secondary N) is 1. The van der Waals surface area contributed by atoms with Gasteiger partial charge in [0.25, 0.3) is 0 Å². The molecule has 2 aliphatic rings. The molecule has 1 amide bonds. The fourth-order valence-electron chi connectivity index (χ4n) is 5.37. The minimum Gasteiger partial charge on any atom is -0.356 e. The van der Waals surface area contributed by atoms with Crippen molar-refractivity contribution in [2.24, 2.45) is 5.92 Å². The Bertz CT molecular complexity index is 1160. The second-order valence-electron chi connectivity index (χ2n) is 11.0. The molecule has 0 aliphatic carbocycles. The van der Waals surface area contributed by atoms with Crippen molar-refractivity contribution in [2.45, 2.75) is 56.9 Å². The first-order valence-electron chi connectivity index (χ1n) is 13.9. The number of hydrogen-bond acceptors (Lipinski definition) is 6. The lowest BCUT2D eigenvalue weighted by atomic mass is 9.93. The summed E-state index contributed by atoms with van der Waals surface area (Å²) in [5, 5.41) is 2.78. The second kappa shape index (κ2) is 12.8. The standard InChI is InChI=1S/C28H36F6N6O/c1-38(2)15-10-20-11-16-39(17-12-20)23-18-24(37-26(36-23)28(32,33)34)40-14-3-4-22(40)25(41)35-13-9-19-5-7-21(8-6-19)27(29,30)31/h5-8,18,20,22H,3-4,9-17H2,1-2H3,(H,35,41). The van der Waals surface area contributed by atoms with Crippen LogP contribution in [0, 0.1) is 5.92 Å². The highest BCUT2D eigenvalue weighted by molar-refractivity contribution is 5.85. The predicted molar refractivity (Wildman–Crippen MR) is 144 cm³/mol. The number of carbonyl (C=O) groups is 1. The van der Waals surface area contributed by atoms with Crippen molar-refractivity contribution >= 4 is 17.5 Å². The van der Waals surface area contributed by atoms with Crippen LogP contribution in [0.15, 0.2) is 30.3 Å². The molecule has 4 rings (SSSR count). The van der Waals surface area contributed by atoms with Crippen molar-refractivity contribution in [3.63, 3.8) is 0 Å². The molecule has 2 aliphatic heterocycles. The monoisotopic (exact) mass is 586 g/mol. The van der Waals surface area contributed by atoms with Crippen LogP contribution in [0.2, 0.25) is 0 Å². The highest BCUT2D eigenvalue weighted by atomic mass is 19.4. The van der Waals surface area contributed by atoms with Gasteiger partial charge >= 0.3 is 12.4 Å². The van der Waals surface area contributed by atoms with Gasteiger partial charge in [-0.3, -0.25) is 4.79 Å². The summed E-state index contributed by atoms with van der Waals surface area (Å²) in [6.45, 7) is 2.71. The number of alkyl halides is 6. The number of nitrogens with zero attached hydrogens (tertiary/aromatic N) is 5. The van der Waals surface area contributed by atoms with Gasteiger partial charge in [-0.1, -0.05) is 12.1 Å². The molecule has 7 nitrogen and oxygen atoms in total. The van der Waals surface area contributed by atoms with E-state index in [0.29, 0.717) is 50.4 Å². The van der Waals surface area contributed by atoms with E-state index in [2.05, 4.69) is 20.2 Å². The molecule has 2 saturated heterocycles. The van der Waals surface area contributed by atoms with E-state index in [-0.39, 0.29) is 24.1 Å². The van der Waals surface area contributed by atoms with E-state index in [1.54, 1.807) is 11.0 Å². The van der Waals surface area contributed by atoms with Crippen molar-refractivity contribution in [1.29, 1.82) is 0 Å². The van der Waals surface area contributed by atoms with E-state index >= 15 is 0 Å². The maximum absolute atomic E-state index is 13.8. The molecule has 0 spiro atoms. The summed E-state index contributed by atoms with van der Waals surface area (Å²) in [5.74, 6) is -0.802. The average Bonchev–Trinajstić information content (AvgIpc) is 3.42. The molecular formula is C28H36F6N6O. The Morgan fingerprint density at radius 2 is 1.61 bits per heavy atom. The average molecular weight is 587 g/mol. The van der Waals surface area contributed by atoms with E-state index in [1.165, 1.54) is 12.1 Å². The van der Waals surface area contributed by atoms with Gasteiger partial charge in [-0.2, -0.15) is 26.3 Å². The van der Waals surface area contributed by atoms with E-state index in [9.17, 15) is 31.1 Å². The molecule has 1 aromatic heterocycles. The lowest BCUT2D eigenvalue weighted by Gasteiger charge is -2.34. The van der Waals surface area contributed by atoms with Crippen molar-refractivity contribution in [3.8, 4) is 0 Å². The number of benzene rings is 1. The minimum absolute atomic E-state index is 0.0671. The third-order valence-corrected chi connectivity index (χ3v) is 7.72. The van der Waals surface area contributed by atoms with Crippen LogP contribution in [0.25, 0.3) is 0 Å². The van der Waals surface area contributed by atoms with Gasteiger partial charge < -0.3 is 20.0 Å². The summed E-state index contributed by atoms with van der Waals surface area (Å²) in [7, 11) is 4.03. The molecule has 0 saturated carbocycles. The smallest absolute Gasteiger partial charge is 0.356 e. The molecule has 13 heteroatoms. The molecule has 2 aromatic rings. The lowest BCUT2D eigenvalue weighted by Crippen LogP contribution is -2.44. The number of carbonyl (C=O) groups excluding carboxylic acids is 1. The summed E-state index contributed by atoms with van der Waals surface area (Å²) in [5.41, 5.74) is -0.120. The maximum Gasteiger partial charge on any atom is 0.451 e. The molecule has 0 radical (unpaired) electrons. The van der Waals surface area contributed by atoms with Crippen molar-refractivity contribution in [3.05, 3.63) is 47.3 Å². The molecule has 1 unspecified atom stereocenters. The molecule has 0 bridgehead atoms. The van der Waals surface area contributed by atoms with Crippen LogP contribution in [-0.2, 0) is 23.6 Å². The Kier molecular flexibility index (Phi) is 9.66. The zero-order chi connectivity index (χ0) is 29.8. The van der Waals surface area contributed by atoms with Gasteiger partial charge in [-0.05, 0) is 82.8 Å². The van der Waals surface area contributed by atoms with Crippen molar-refractivity contribution < 1.29 is 31.1 Å². The summed E-state index contributed by atoms with van der Waals surface area (Å²) >= 11 is 0. The van der Waals surface area contributed by atoms with E-state index in [0.717, 1.165) is 37.9 Å². The van der Waals surface area contributed by atoms with E-state index in [4.69, 9.17) is 0 Å². The molecule has 1 atom stereocenters. The molecular weight excluding hydrogens is 550 g/mol. The fraction of sp³-hybridized carbons (Fsp3) is 0.607. The Morgan fingerprint density at radius 3 is 2.22 bits per heavy atom. The first-order valence-corrected chi connectivity index (χ1v) is 13.9. The zero-order valence-electron chi connectivity index (χ0n) is 23.2. The normalized spacial score (nSPS) is 18.8. The Labute approximate surface area is 235 Å². The van der Waals surface area contributed by atoms with Gasteiger partial charge in [0, 0.05) is 32.2 Å². The number of aromatic nitrogens is 2. The SMILES string of the molecule is CN(C)CCC1CCN(c2cc(N3CCCC3C(=O)NCCc3ccc(C(F)(F)F)cc3)nc(C(F)(F)F)n2)CC1. The number of piperidine rings is 1. The number of amides is 1. The van der Waals surface area contributed by atoms with Crippen molar-refractivity contribution in [2.75, 3.05) is 56.6 Å². The van der Waals surface area contributed by atoms with Gasteiger partial charge in [-0.25, -0.2) is 9.97 Å². The van der Waals surface area contributed by atoms with Crippen LogP contribution in [0.1, 0.15) is 49.1 Å². The first-order chi connectivity index (χ1) is 19.3. The van der Waals surface area contributed by atoms with Crippen LogP contribution in [0.4, 0.5) is 38.0 Å². The fourth-order valence-corrected chi connectivity index (χ4v) is 5.37. The third-order valence-electron chi connectivity index (χ3n) is 7.72. The number of anilines is 2. The highest BCUT2D eigenvalue weighted by Gasteiger charge is 2.39. The van der Waals surface area contributed by atoms with Gasteiger partial charge in [0.1, 0.15) is 17.7 Å². The lowest BCUT2D eigenvalue weighted by molar-refractivity contribution is -0.144. The number of rotatable bonds is 9. The van der Waals surface area contributed by atoms with Gasteiger partial charge in [0.05, 0.1) is 5.56 Å². The number of hydrogen-bond donors (Lipinski definition) is 1. The van der Waals surface area contributed by atoms with Crippen LogP contribution >= 0.6 is 0 Å². The summed E-state index contributed by atoms with van der Waals surface area (Å²) in [6, 6.07) is 5.55. The summed E-state index contributed by atoms with van der Waals surface area (Å²) in [6.07, 6.45) is -5.03. The van der Waals surface area contributed by atoms with Gasteiger partial charge in [0.15, 0.2) is 0 Å². The third kappa shape index (κ3) is 8.23. The second-order valence-corrected chi connectivity index (χ2v) is 11.0.